The van der Waals surface area contributed by atoms with Crippen LogP contribution in [0.25, 0.3) is 22.9 Å². The molecule has 8 nitrogen and oxygen atoms in total. The number of nitrogens with zero attached hydrogens (tertiary/aromatic N) is 5. The van der Waals surface area contributed by atoms with Crippen LogP contribution in [0.2, 0.25) is 0 Å². The SMILES string of the molecule is COc1cc2c(cc1C(C)=O)-c1nc(-c3nc(C)nn3C(C)C)cn1CCO2. The standard InChI is InChI=1S/C20H23N5O3/c1-11(2)25-20(21-13(4)23-25)16-10-24-6-7-28-18-9-17(27-5)14(12(3)26)8-15(18)19(24)22-16/h8-11H,6-7H2,1-5H3. The van der Waals surface area contributed by atoms with E-state index in [0.717, 1.165) is 22.9 Å². The van der Waals surface area contributed by atoms with Crippen molar-refractivity contribution in [2.24, 2.45) is 0 Å². The van der Waals surface area contributed by atoms with Gasteiger partial charge in [0.25, 0.3) is 0 Å². The van der Waals surface area contributed by atoms with E-state index in [-0.39, 0.29) is 11.8 Å². The molecule has 0 bridgehead atoms. The van der Waals surface area contributed by atoms with Crippen molar-refractivity contribution in [1.29, 1.82) is 0 Å². The second kappa shape index (κ2) is 6.78. The zero-order valence-corrected chi connectivity index (χ0v) is 16.7. The van der Waals surface area contributed by atoms with Crippen molar-refractivity contribution in [3.05, 3.63) is 29.7 Å². The summed E-state index contributed by atoms with van der Waals surface area (Å²) in [4.78, 5) is 21.5. The van der Waals surface area contributed by atoms with Crippen LogP contribution in [0.15, 0.2) is 18.3 Å². The molecule has 8 heteroatoms. The molecule has 0 spiro atoms. The number of benzene rings is 1. The molecule has 0 saturated carbocycles. The zero-order chi connectivity index (χ0) is 20.0. The molecule has 1 aliphatic heterocycles. The fourth-order valence-electron chi connectivity index (χ4n) is 3.43. The van der Waals surface area contributed by atoms with Crippen LogP contribution in [0.1, 0.15) is 43.0 Å². The van der Waals surface area contributed by atoms with Gasteiger partial charge in [-0.3, -0.25) is 4.79 Å². The number of Topliss-reactive ketones (excluding diaryl/α,β-unsaturated/α-hetero) is 1. The predicted molar refractivity (Wildman–Crippen MR) is 104 cm³/mol. The minimum Gasteiger partial charge on any atom is -0.496 e. The fraction of sp³-hybridized carbons (Fsp3) is 0.400. The zero-order valence-electron chi connectivity index (χ0n) is 16.7. The lowest BCUT2D eigenvalue weighted by atomic mass is 10.0. The number of carbonyl (C=O) groups excluding carboxylic acids is 1. The summed E-state index contributed by atoms with van der Waals surface area (Å²) in [6.45, 7) is 8.66. The molecule has 1 aliphatic rings. The number of rotatable bonds is 4. The Hall–Kier alpha value is -3.16. The molecule has 0 radical (unpaired) electrons. The predicted octanol–water partition coefficient (Wildman–Crippen LogP) is 3.30. The Morgan fingerprint density at radius 1 is 1.25 bits per heavy atom. The molecule has 0 atom stereocenters. The molecule has 3 heterocycles. The normalized spacial score (nSPS) is 12.9. The number of aryl methyl sites for hydroxylation is 1. The van der Waals surface area contributed by atoms with Crippen molar-refractivity contribution in [2.75, 3.05) is 13.7 Å². The first-order chi connectivity index (χ1) is 13.4. The van der Waals surface area contributed by atoms with Gasteiger partial charge in [0.1, 0.15) is 35.4 Å². The highest BCUT2D eigenvalue weighted by Crippen LogP contribution is 2.38. The molecule has 2 aromatic heterocycles. The third-order valence-electron chi connectivity index (χ3n) is 4.74. The lowest BCUT2D eigenvalue weighted by molar-refractivity contribution is 0.101. The highest BCUT2D eigenvalue weighted by Gasteiger charge is 2.24. The number of ether oxygens (including phenoxy) is 2. The summed E-state index contributed by atoms with van der Waals surface area (Å²) in [6, 6.07) is 3.72. The van der Waals surface area contributed by atoms with Gasteiger partial charge in [-0.15, -0.1) is 0 Å². The number of methoxy groups -OCH3 is 1. The van der Waals surface area contributed by atoms with Crippen LogP contribution in [0.5, 0.6) is 11.5 Å². The van der Waals surface area contributed by atoms with Crippen molar-refractivity contribution in [3.63, 3.8) is 0 Å². The Bertz CT molecular complexity index is 1060. The van der Waals surface area contributed by atoms with E-state index in [1.54, 1.807) is 19.2 Å². The van der Waals surface area contributed by atoms with Crippen LogP contribution in [-0.4, -0.2) is 43.8 Å². The number of hydrogen-bond donors (Lipinski definition) is 0. The summed E-state index contributed by atoms with van der Waals surface area (Å²) in [5.74, 6) is 3.26. The van der Waals surface area contributed by atoms with Crippen molar-refractivity contribution in [1.82, 2.24) is 24.3 Å². The van der Waals surface area contributed by atoms with Gasteiger partial charge in [0.05, 0.1) is 24.8 Å². The first-order valence-corrected chi connectivity index (χ1v) is 9.26. The number of fused-ring (bicyclic) bond motifs is 3. The Morgan fingerprint density at radius 2 is 2.04 bits per heavy atom. The molecule has 146 valence electrons. The molecule has 4 rings (SSSR count). The third-order valence-corrected chi connectivity index (χ3v) is 4.74. The van der Waals surface area contributed by atoms with E-state index in [9.17, 15) is 4.79 Å². The first-order valence-electron chi connectivity index (χ1n) is 9.26. The molecule has 0 fully saturated rings. The van der Waals surface area contributed by atoms with Crippen LogP contribution >= 0.6 is 0 Å². The summed E-state index contributed by atoms with van der Waals surface area (Å²) in [7, 11) is 1.55. The van der Waals surface area contributed by atoms with Gasteiger partial charge in [0.2, 0.25) is 0 Å². The second-order valence-corrected chi connectivity index (χ2v) is 7.12. The molecule has 0 aliphatic carbocycles. The molecule has 1 aromatic carbocycles. The van der Waals surface area contributed by atoms with Gasteiger partial charge in [0.15, 0.2) is 11.6 Å². The molecular weight excluding hydrogens is 358 g/mol. The summed E-state index contributed by atoms with van der Waals surface area (Å²) in [6.07, 6.45) is 1.97. The highest BCUT2D eigenvalue weighted by atomic mass is 16.5. The van der Waals surface area contributed by atoms with Gasteiger partial charge in [-0.2, -0.15) is 5.10 Å². The fourth-order valence-corrected chi connectivity index (χ4v) is 3.43. The van der Waals surface area contributed by atoms with Crippen LogP contribution in [0, 0.1) is 6.92 Å². The average molecular weight is 381 g/mol. The maximum absolute atomic E-state index is 12.1. The third kappa shape index (κ3) is 2.94. The Morgan fingerprint density at radius 3 is 2.71 bits per heavy atom. The number of hydrogen-bond acceptors (Lipinski definition) is 6. The maximum atomic E-state index is 12.1. The number of imidazole rings is 1. The Balaban J connectivity index is 1.90. The van der Waals surface area contributed by atoms with E-state index in [4.69, 9.17) is 14.5 Å². The quantitative estimate of drug-likeness (QED) is 0.645. The van der Waals surface area contributed by atoms with E-state index in [1.807, 2.05) is 22.4 Å². The average Bonchev–Trinajstić information content (AvgIpc) is 3.20. The maximum Gasteiger partial charge on any atom is 0.178 e. The molecule has 0 saturated heterocycles. The Labute approximate surface area is 163 Å². The number of carbonyl (C=O) groups is 1. The minimum atomic E-state index is -0.0718. The molecule has 28 heavy (non-hydrogen) atoms. The topological polar surface area (TPSA) is 84.1 Å². The summed E-state index contributed by atoms with van der Waals surface area (Å²) >= 11 is 0. The van der Waals surface area contributed by atoms with E-state index in [0.29, 0.717) is 36.0 Å². The van der Waals surface area contributed by atoms with Gasteiger partial charge in [-0.25, -0.2) is 14.6 Å². The second-order valence-electron chi connectivity index (χ2n) is 7.12. The first kappa shape index (κ1) is 18.2. The molecule has 0 amide bonds. The molecule has 0 unspecified atom stereocenters. The number of ketones is 1. The van der Waals surface area contributed by atoms with E-state index in [2.05, 4.69) is 23.9 Å². The summed E-state index contributed by atoms with van der Waals surface area (Å²) < 4.78 is 15.2. The summed E-state index contributed by atoms with van der Waals surface area (Å²) in [5, 5.41) is 4.49. The highest BCUT2D eigenvalue weighted by molar-refractivity contribution is 5.98. The number of aromatic nitrogens is 5. The van der Waals surface area contributed by atoms with Crippen LogP contribution in [-0.2, 0) is 6.54 Å². The van der Waals surface area contributed by atoms with Gasteiger partial charge in [-0.05, 0) is 33.8 Å². The van der Waals surface area contributed by atoms with Crippen molar-refractivity contribution in [2.45, 2.75) is 40.3 Å². The molecule has 0 N–H and O–H groups in total. The summed E-state index contributed by atoms with van der Waals surface area (Å²) in [5.41, 5.74) is 2.02. The van der Waals surface area contributed by atoms with Gasteiger partial charge in [-0.1, -0.05) is 0 Å². The lowest BCUT2D eigenvalue weighted by Gasteiger charge is -2.12. The van der Waals surface area contributed by atoms with Crippen LogP contribution in [0.3, 0.4) is 0 Å². The Kier molecular flexibility index (Phi) is 4.41. The van der Waals surface area contributed by atoms with Crippen LogP contribution < -0.4 is 9.47 Å². The monoisotopic (exact) mass is 381 g/mol. The molecule has 3 aromatic rings. The smallest absolute Gasteiger partial charge is 0.178 e. The molecular formula is C20H23N5O3. The van der Waals surface area contributed by atoms with Gasteiger partial charge in [0, 0.05) is 18.3 Å². The van der Waals surface area contributed by atoms with Crippen molar-refractivity contribution >= 4 is 5.78 Å². The minimum absolute atomic E-state index is 0.0718. The van der Waals surface area contributed by atoms with Gasteiger partial charge >= 0.3 is 0 Å². The van der Waals surface area contributed by atoms with E-state index < -0.39 is 0 Å². The van der Waals surface area contributed by atoms with E-state index in [1.165, 1.54) is 6.92 Å². The largest absolute Gasteiger partial charge is 0.496 e. The van der Waals surface area contributed by atoms with Crippen molar-refractivity contribution < 1.29 is 14.3 Å². The lowest BCUT2D eigenvalue weighted by Crippen LogP contribution is -2.06. The van der Waals surface area contributed by atoms with Crippen LogP contribution in [0.4, 0.5) is 0 Å². The van der Waals surface area contributed by atoms with Gasteiger partial charge < -0.3 is 14.0 Å². The van der Waals surface area contributed by atoms with E-state index >= 15 is 0 Å². The van der Waals surface area contributed by atoms with Crippen molar-refractivity contribution in [3.8, 4) is 34.4 Å².